The summed E-state index contributed by atoms with van der Waals surface area (Å²) in [5.41, 5.74) is 1.96. The van der Waals surface area contributed by atoms with Gasteiger partial charge in [-0.2, -0.15) is 0 Å². The summed E-state index contributed by atoms with van der Waals surface area (Å²) in [5, 5.41) is 14.7. The van der Waals surface area contributed by atoms with Crippen molar-refractivity contribution >= 4 is 34.3 Å². The molecule has 0 bridgehead atoms. The number of urea groups is 1. The second-order valence-electron chi connectivity index (χ2n) is 5.46. The summed E-state index contributed by atoms with van der Waals surface area (Å²) in [4.78, 5) is 13.2. The van der Waals surface area contributed by atoms with Crippen molar-refractivity contribution in [2.24, 2.45) is 0 Å². The largest absolute Gasteiger partial charge is 0.334 e. The lowest BCUT2D eigenvalue weighted by molar-refractivity contribution is 0.251. The molecule has 0 radical (unpaired) electrons. The predicted molar refractivity (Wildman–Crippen MR) is 103 cm³/mol. The van der Waals surface area contributed by atoms with Crippen molar-refractivity contribution < 1.29 is 9.18 Å². The maximum Gasteiger partial charge on any atom is 0.321 e. The SMILES string of the molecule is CSc1ccc(CNC(=O)Nc2nnc(Cc3ccc(F)cc3)s2)cc1. The standard InChI is InChI=1S/C18H17FN4OS2/c1-25-15-8-4-13(5-9-15)11-20-17(24)21-18-23-22-16(26-18)10-12-2-6-14(19)7-3-12/h2-9H,10-11H2,1H3,(H2,20,21,23,24). The van der Waals surface area contributed by atoms with E-state index >= 15 is 0 Å². The van der Waals surface area contributed by atoms with Gasteiger partial charge in [0.2, 0.25) is 5.13 Å². The number of carbonyl (C=O) groups excluding carboxylic acids is 1. The van der Waals surface area contributed by atoms with Gasteiger partial charge < -0.3 is 5.32 Å². The molecule has 3 rings (SSSR count). The molecule has 1 aromatic heterocycles. The third kappa shape index (κ3) is 5.27. The molecule has 0 atom stereocenters. The fourth-order valence-corrected chi connectivity index (χ4v) is 3.40. The number of amides is 2. The molecule has 0 spiro atoms. The first-order valence-electron chi connectivity index (χ1n) is 7.87. The quantitative estimate of drug-likeness (QED) is 0.618. The summed E-state index contributed by atoms with van der Waals surface area (Å²) in [6.45, 7) is 0.432. The lowest BCUT2D eigenvalue weighted by atomic mass is 10.2. The summed E-state index contributed by atoms with van der Waals surface area (Å²) in [7, 11) is 0. The second kappa shape index (κ2) is 8.77. The minimum absolute atomic E-state index is 0.270. The Balaban J connectivity index is 1.49. The topological polar surface area (TPSA) is 66.9 Å². The molecule has 0 saturated heterocycles. The zero-order valence-corrected chi connectivity index (χ0v) is 15.7. The first-order chi connectivity index (χ1) is 12.6. The molecule has 8 heteroatoms. The van der Waals surface area contributed by atoms with Crippen LogP contribution in [0.25, 0.3) is 0 Å². The van der Waals surface area contributed by atoms with E-state index in [2.05, 4.69) is 20.8 Å². The van der Waals surface area contributed by atoms with Crippen LogP contribution in [-0.2, 0) is 13.0 Å². The number of hydrogen-bond acceptors (Lipinski definition) is 5. The maximum atomic E-state index is 12.9. The number of carbonyl (C=O) groups is 1. The van der Waals surface area contributed by atoms with Gasteiger partial charge in [0, 0.05) is 17.9 Å². The van der Waals surface area contributed by atoms with Crippen molar-refractivity contribution in [1.29, 1.82) is 0 Å². The normalized spacial score (nSPS) is 10.5. The van der Waals surface area contributed by atoms with Crippen molar-refractivity contribution in [2.45, 2.75) is 17.9 Å². The van der Waals surface area contributed by atoms with E-state index in [0.29, 0.717) is 18.1 Å². The molecule has 5 nitrogen and oxygen atoms in total. The van der Waals surface area contributed by atoms with Crippen LogP contribution in [-0.4, -0.2) is 22.5 Å². The minimum Gasteiger partial charge on any atom is -0.334 e. The van der Waals surface area contributed by atoms with Crippen LogP contribution >= 0.6 is 23.1 Å². The van der Waals surface area contributed by atoms with Gasteiger partial charge >= 0.3 is 6.03 Å². The third-order valence-electron chi connectivity index (χ3n) is 3.57. The van der Waals surface area contributed by atoms with E-state index in [1.54, 1.807) is 23.9 Å². The van der Waals surface area contributed by atoms with Crippen molar-refractivity contribution in [3.63, 3.8) is 0 Å². The molecule has 0 unspecified atom stereocenters. The number of thioether (sulfide) groups is 1. The number of rotatable bonds is 6. The summed E-state index contributed by atoms with van der Waals surface area (Å²) < 4.78 is 12.9. The molecule has 2 N–H and O–H groups in total. The Labute approximate surface area is 159 Å². The molecular formula is C18H17FN4OS2. The smallest absolute Gasteiger partial charge is 0.321 e. The molecule has 2 amide bonds. The van der Waals surface area contributed by atoms with Gasteiger partial charge in [-0.1, -0.05) is 35.6 Å². The van der Waals surface area contributed by atoms with Crippen LogP contribution in [0, 0.1) is 5.82 Å². The zero-order valence-electron chi connectivity index (χ0n) is 14.0. The molecule has 1 heterocycles. The Hall–Kier alpha value is -2.45. The van der Waals surface area contributed by atoms with Crippen molar-refractivity contribution in [3.8, 4) is 0 Å². The number of hydrogen-bond donors (Lipinski definition) is 2. The average molecular weight is 388 g/mol. The van der Waals surface area contributed by atoms with Crippen molar-refractivity contribution in [3.05, 3.63) is 70.5 Å². The average Bonchev–Trinajstić information content (AvgIpc) is 3.09. The van der Waals surface area contributed by atoms with Gasteiger partial charge in [-0.25, -0.2) is 9.18 Å². The molecule has 0 saturated carbocycles. The molecule has 0 aliphatic carbocycles. The van der Waals surface area contributed by atoms with Gasteiger partial charge in [0.05, 0.1) is 0 Å². The van der Waals surface area contributed by atoms with E-state index in [-0.39, 0.29) is 11.8 Å². The highest BCUT2D eigenvalue weighted by molar-refractivity contribution is 7.98. The lowest BCUT2D eigenvalue weighted by Crippen LogP contribution is -2.28. The number of halogens is 1. The van der Waals surface area contributed by atoms with E-state index in [1.165, 1.54) is 28.4 Å². The molecule has 3 aromatic rings. The van der Waals surface area contributed by atoms with E-state index in [9.17, 15) is 9.18 Å². The fraction of sp³-hybridized carbons (Fsp3) is 0.167. The van der Waals surface area contributed by atoms with E-state index in [4.69, 9.17) is 0 Å². The summed E-state index contributed by atoms with van der Waals surface area (Å²) in [6.07, 6.45) is 2.57. The second-order valence-corrected chi connectivity index (χ2v) is 7.40. The molecule has 26 heavy (non-hydrogen) atoms. The molecule has 134 valence electrons. The minimum atomic E-state index is -0.330. The number of aromatic nitrogens is 2. The van der Waals surface area contributed by atoms with Crippen molar-refractivity contribution in [1.82, 2.24) is 15.5 Å². The molecule has 0 aliphatic rings. The van der Waals surface area contributed by atoms with E-state index in [1.807, 2.05) is 30.5 Å². The van der Waals surface area contributed by atoms with E-state index < -0.39 is 0 Å². The summed E-state index contributed by atoms with van der Waals surface area (Å²) in [6, 6.07) is 13.9. The Morgan fingerprint density at radius 2 is 1.77 bits per heavy atom. The van der Waals surface area contributed by atoms with Crippen LogP contribution in [0.3, 0.4) is 0 Å². The Bertz CT molecular complexity index is 866. The van der Waals surface area contributed by atoms with Crippen LogP contribution in [0.2, 0.25) is 0 Å². The number of nitrogens with zero attached hydrogens (tertiary/aromatic N) is 2. The van der Waals surface area contributed by atoms with Gasteiger partial charge in [-0.05, 0) is 41.6 Å². The number of anilines is 1. The van der Waals surface area contributed by atoms with Crippen LogP contribution in [0.5, 0.6) is 0 Å². The number of benzene rings is 2. The molecular weight excluding hydrogens is 371 g/mol. The van der Waals surface area contributed by atoms with Crippen molar-refractivity contribution in [2.75, 3.05) is 11.6 Å². The van der Waals surface area contributed by atoms with Crippen LogP contribution in [0.1, 0.15) is 16.1 Å². The number of nitrogens with one attached hydrogen (secondary N) is 2. The lowest BCUT2D eigenvalue weighted by Gasteiger charge is -2.05. The molecule has 0 aliphatic heterocycles. The highest BCUT2D eigenvalue weighted by atomic mass is 32.2. The Kier molecular flexibility index (Phi) is 6.19. The first-order valence-corrected chi connectivity index (χ1v) is 9.91. The van der Waals surface area contributed by atoms with Gasteiger partial charge in [0.25, 0.3) is 0 Å². The predicted octanol–water partition coefficient (Wildman–Crippen LogP) is 4.31. The van der Waals surface area contributed by atoms with Gasteiger partial charge in [0.15, 0.2) is 0 Å². The highest BCUT2D eigenvalue weighted by Gasteiger charge is 2.09. The Morgan fingerprint density at radius 1 is 1.08 bits per heavy atom. The molecule has 0 fully saturated rings. The Morgan fingerprint density at radius 3 is 2.46 bits per heavy atom. The van der Waals surface area contributed by atoms with Crippen LogP contribution in [0.15, 0.2) is 53.4 Å². The summed E-state index contributed by atoms with van der Waals surface area (Å²) in [5.74, 6) is -0.270. The first kappa shape index (κ1) is 18.3. The summed E-state index contributed by atoms with van der Waals surface area (Å²) >= 11 is 2.97. The van der Waals surface area contributed by atoms with Gasteiger partial charge in [0.1, 0.15) is 10.8 Å². The van der Waals surface area contributed by atoms with Crippen LogP contribution in [0.4, 0.5) is 14.3 Å². The van der Waals surface area contributed by atoms with Gasteiger partial charge in [-0.15, -0.1) is 22.0 Å². The fourth-order valence-electron chi connectivity index (χ4n) is 2.22. The molecule has 2 aromatic carbocycles. The monoisotopic (exact) mass is 388 g/mol. The van der Waals surface area contributed by atoms with Crippen LogP contribution < -0.4 is 10.6 Å². The zero-order chi connectivity index (χ0) is 18.4. The highest BCUT2D eigenvalue weighted by Crippen LogP contribution is 2.19. The maximum absolute atomic E-state index is 12.9. The van der Waals surface area contributed by atoms with Gasteiger partial charge in [-0.3, -0.25) is 5.32 Å². The van der Waals surface area contributed by atoms with E-state index in [0.717, 1.165) is 16.1 Å². The third-order valence-corrected chi connectivity index (χ3v) is 5.15.